The highest BCUT2D eigenvalue weighted by atomic mass is 19.1. The molecule has 19 heavy (non-hydrogen) atoms. The lowest BCUT2D eigenvalue weighted by molar-refractivity contribution is 0.355. The minimum Gasteiger partial charge on any atom is -0.343 e. The Morgan fingerprint density at radius 1 is 1.11 bits per heavy atom. The summed E-state index contributed by atoms with van der Waals surface area (Å²) in [6, 6.07) is 7.13. The standard InChI is InChI=1S/C17H26FN/c1-7-13(4)19(15(6)14(5)12(2)3)17-10-8-16(18)9-11-17/h7-12,14-15H,1-6H3/b13-7+/t14-,15?/m1/s1. The summed E-state index contributed by atoms with van der Waals surface area (Å²) in [5, 5.41) is 0. The van der Waals surface area contributed by atoms with Crippen LogP contribution in [-0.4, -0.2) is 6.04 Å². The first-order valence-corrected chi connectivity index (χ1v) is 7.06. The van der Waals surface area contributed by atoms with Gasteiger partial charge in [-0.05, 0) is 56.9 Å². The van der Waals surface area contributed by atoms with Crippen LogP contribution in [0.2, 0.25) is 0 Å². The van der Waals surface area contributed by atoms with Crippen LogP contribution in [0, 0.1) is 17.7 Å². The molecule has 1 unspecified atom stereocenters. The summed E-state index contributed by atoms with van der Waals surface area (Å²) in [5.41, 5.74) is 2.25. The quantitative estimate of drug-likeness (QED) is 0.702. The lowest BCUT2D eigenvalue weighted by Crippen LogP contribution is -2.38. The normalized spacial score (nSPS) is 15.5. The van der Waals surface area contributed by atoms with E-state index in [0.717, 1.165) is 5.69 Å². The van der Waals surface area contributed by atoms with Gasteiger partial charge in [-0.3, -0.25) is 0 Å². The van der Waals surface area contributed by atoms with Crippen LogP contribution in [0.3, 0.4) is 0 Å². The van der Waals surface area contributed by atoms with Gasteiger partial charge >= 0.3 is 0 Å². The van der Waals surface area contributed by atoms with E-state index in [-0.39, 0.29) is 5.82 Å². The molecule has 0 aliphatic rings. The number of halogens is 1. The molecule has 0 aromatic heterocycles. The van der Waals surface area contributed by atoms with Crippen molar-refractivity contribution in [1.82, 2.24) is 0 Å². The smallest absolute Gasteiger partial charge is 0.123 e. The molecule has 2 heteroatoms. The van der Waals surface area contributed by atoms with Crippen LogP contribution < -0.4 is 4.90 Å². The van der Waals surface area contributed by atoms with Gasteiger partial charge in [0, 0.05) is 17.4 Å². The molecule has 0 aliphatic heterocycles. The molecule has 2 atom stereocenters. The Kier molecular flexibility index (Phi) is 5.59. The van der Waals surface area contributed by atoms with Gasteiger partial charge in [-0.25, -0.2) is 4.39 Å². The van der Waals surface area contributed by atoms with Crippen LogP contribution in [0.1, 0.15) is 41.5 Å². The van der Waals surface area contributed by atoms with Gasteiger partial charge in [-0.1, -0.05) is 26.8 Å². The summed E-state index contributed by atoms with van der Waals surface area (Å²) in [6.45, 7) is 13.1. The predicted octanol–water partition coefficient (Wildman–Crippen LogP) is 5.24. The molecule has 0 heterocycles. The second kappa shape index (κ2) is 6.74. The van der Waals surface area contributed by atoms with Crippen molar-refractivity contribution in [2.45, 2.75) is 47.6 Å². The lowest BCUT2D eigenvalue weighted by atomic mass is 9.89. The van der Waals surface area contributed by atoms with E-state index < -0.39 is 0 Å². The molecule has 0 saturated carbocycles. The molecule has 0 fully saturated rings. The lowest BCUT2D eigenvalue weighted by Gasteiger charge is -2.37. The van der Waals surface area contributed by atoms with Gasteiger partial charge in [0.25, 0.3) is 0 Å². The van der Waals surface area contributed by atoms with Crippen molar-refractivity contribution in [1.29, 1.82) is 0 Å². The van der Waals surface area contributed by atoms with Gasteiger partial charge < -0.3 is 4.90 Å². The number of anilines is 1. The Hall–Kier alpha value is -1.31. The third-order valence-corrected chi connectivity index (χ3v) is 4.12. The van der Waals surface area contributed by atoms with E-state index in [9.17, 15) is 4.39 Å². The monoisotopic (exact) mass is 263 g/mol. The van der Waals surface area contributed by atoms with E-state index in [1.54, 1.807) is 0 Å². The van der Waals surface area contributed by atoms with E-state index in [0.29, 0.717) is 17.9 Å². The summed E-state index contributed by atoms with van der Waals surface area (Å²) in [5.74, 6) is 0.981. The molecule has 1 rings (SSSR count). The number of allylic oxidation sites excluding steroid dienone is 2. The fourth-order valence-electron chi connectivity index (χ4n) is 2.29. The van der Waals surface area contributed by atoms with Crippen molar-refractivity contribution < 1.29 is 4.39 Å². The topological polar surface area (TPSA) is 3.24 Å². The number of hydrogen-bond donors (Lipinski definition) is 0. The molecule has 0 spiro atoms. The Morgan fingerprint density at radius 2 is 1.63 bits per heavy atom. The zero-order valence-electron chi connectivity index (χ0n) is 12.9. The molecule has 0 N–H and O–H groups in total. The molecule has 1 nitrogen and oxygen atoms in total. The Morgan fingerprint density at radius 3 is 2.05 bits per heavy atom. The molecule has 0 amide bonds. The zero-order valence-corrected chi connectivity index (χ0v) is 12.9. The first-order chi connectivity index (χ1) is 8.88. The highest BCUT2D eigenvalue weighted by Crippen LogP contribution is 2.28. The second-order valence-electron chi connectivity index (χ2n) is 5.62. The van der Waals surface area contributed by atoms with Crippen LogP contribution in [0.5, 0.6) is 0 Å². The summed E-state index contributed by atoms with van der Waals surface area (Å²) in [6.07, 6.45) is 2.10. The van der Waals surface area contributed by atoms with Gasteiger partial charge in [0.1, 0.15) is 5.82 Å². The maximum atomic E-state index is 13.1. The van der Waals surface area contributed by atoms with E-state index in [1.807, 2.05) is 19.1 Å². The highest BCUT2D eigenvalue weighted by Gasteiger charge is 2.23. The number of rotatable bonds is 5. The number of benzene rings is 1. The van der Waals surface area contributed by atoms with Gasteiger partial charge in [0.2, 0.25) is 0 Å². The van der Waals surface area contributed by atoms with Crippen molar-refractivity contribution in [2.75, 3.05) is 4.90 Å². The summed E-state index contributed by atoms with van der Waals surface area (Å²) < 4.78 is 13.1. The summed E-state index contributed by atoms with van der Waals surface area (Å²) in [7, 11) is 0. The maximum absolute atomic E-state index is 13.1. The van der Waals surface area contributed by atoms with E-state index in [1.165, 1.54) is 17.8 Å². The fourth-order valence-corrected chi connectivity index (χ4v) is 2.29. The molecular weight excluding hydrogens is 237 g/mol. The van der Waals surface area contributed by atoms with E-state index in [4.69, 9.17) is 0 Å². The molecule has 0 bridgehead atoms. The Bertz CT molecular complexity index is 419. The Balaban J connectivity index is 3.12. The molecule has 106 valence electrons. The second-order valence-corrected chi connectivity index (χ2v) is 5.62. The minimum absolute atomic E-state index is 0.189. The molecule has 1 aromatic rings. The van der Waals surface area contributed by atoms with E-state index in [2.05, 4.69) is 45.6 Å². The van der Waals surface area contributed by atoms with Crippen molar-refractivity contribution in [3.8, 4) is 0 Å². The van der Waals surface area contributed by atoms with Crippen LogP contribution in [-0.2, 0) is 0 Å². The third-order valence-electron chi connectivity index (χ3n) is 4.12. The summed E-state index contributed by atoms with van der Waals surface area (Å²) in [4.78, 5) is 2.30. The van der Waals surface area contributed by atoms with Crippen molar-refractivity contribution in [2.24, 2.45) is 11.8 Å². The van der Waals surface area contributed by atoms with Crippen molar-refractivity contribution >= 4 is 5.69 Å². The van der Waals surface area contributed by atoms with Gasteiger partial charge in [-0.2, -0.15) is 0 Å². The SMILES string of the molecule is C/C=C(\C)N(c1ccc(F)cc1)C(C)[C@H](C)C(C)C. The zero-order chi connectivity index (χ0) is 14.6. The van der Waals surface area contributed by atoms with Crippen LogP contribution in [0.15, 0.2) is 36.0 Å². The largest absolute Gasteiger partial charge is 0.343 e. The van der Waals surface area contributed by atoms with Gasteiger partial charge in [0.15, 0.2) is 0 Å². The molecule has 0 aliphatic carbocycles. The van der Waals surface area contributed by atoms with E-state index >= 15 is 0 Å². The highest BCUT2D eigenvalue weighted by molar-refractivity contribution is 5.52. The first kappa shape index (κ1) is 15.7. The third kappa shape index (κ3) is 3.82. The van der Waals surface area contributed by atoms with Gasteiger partial charge in [0.05, 0.1) is 0 Å². The average molecular weight is 263 g/mol. The fraction of sp³-hybridized carbons (Fsp3) is 0.529. The predicted molar refractivity (Wildman–Crippen MR) is 81.8 cm³/mol. The molecule has 0 radical (unpaired) electrons. The van der Waals surface area contributed by atoms with Crippen LogP contribution in [0.4, 0.5) is 10.1 Å². The van der Waals surface area contributed by atoms with Crippen LogP contribution in [0.25, 0.3) is 0 Å². The number of hydrogen-bond acceptors (Lipinski definition) is 1. The first-order valence-electron chi connectivity index (χ1n) is 7.06. The molecule has 1 aromatic carbocycles. The minimum atomic E-state index is -0.189. The molecule has 0 saturated heterocycles. The molecular formula is C17H26FN. The van der Waals surface area contributed by atoms with Crippen molar-refractivity contribution in [3.63, 3.8) is 0 Å². The van der Waals surface area contributed by atoms with Gasteiger partial charge in [-0.15, -0.1) is 0 Å². The van der Waals surface area contributed by atoms with Crippen molar-refractivity contribution in [3.05, 3.63) is 41.9 Å². The number of nitrogens with zero attached hydrogens (tertiary/aromatic N) is 1. The Labute approximate surface area is 117 Å². The van der Waals surface area contributed by atoms with Crippen LogP contribution >= 0.6 is 0 Å². The summed E-state index contributed by atoms with van der Waals surface area (Å²) >= 11 is 0. The maximum Gasteiger partial charge on any atom is 0.123 e. The average Bonchev–Trinajstić information content (AvgIpc) is 2.39.